The van der Waals surface area contributed by atoms with Crippen LogP contribution in [0.3, 0.4) is 0 Å². The Bertz CT molecular complexity index is 402. The number of ketones is 1. The molecule has 1 aliphatic rings. The van der Waals surface area contributed by atoms with Gasteiger partial charge in [0.1, 0.15) is 11.4 Å². The molecule has 3 nitrogen and oxygen atoms in total. The van der Waals surface area contributed by atoms with Gasteiger partial charge in [-0.25, -0.2) is 0 Å². The number of hydrogen-bond donors (Lipinski definition) is 1. The Hall–Kier alpha value is -1.35. The van der Waals surface area contributed by atoms with Gasteiger partial charge in [0, 0.05) is 6.42 Å². The van der Waals surface area contributed by atoms with Crippen LogP contribution in [0.2, 0.25) is 0 Å². The second-order valence-corrected chi connectivity index (χ2v) is 5.01. The van der Waals surface area contributed by atoms with Gasteiger partial charge in [-0.3, -0.25) is 4.79 Å². The van der Waals surface area contributed by atoms with Crippen molar-refractivity contribution in [3.05, 3.63) is 29.8 Å². The summed E-state index contributed by atoms with van der Waals surface area (Å²) in [5.41, 5.74) is 0.0673. The average molecular weight is 248 g/mol. The van der Waals surface area contributed by atoms with Crippen LogP contribution in [0.5, 0.6) is 5.75 Å². The molecule has 98 valence electrons. The SMILES string of the molecule is COc1ccc(CCC(=O)C2(O)CCCC2)cc1. The zero-order valence-electron chi connectivity index (χ0n) is 10.8. The summed E-state index contributed by atoms with van der Waals surface area (Å²) < 4.78 is 5.09. The molecule has 0 amide bonds. The number of methoxy groups -OCH3 is 1. The molecule has 1 saturated carbocycles. The standard InChI is InChI=1S/C15H20O3/c1-18-13-7-4-12(5-8-13)6-9-14(16)15(17)10-2-3-11-15/h4-5,7-8,17H,2-3,6,9-11H2,1H3. The smallest absolute Gasteiger partial charge is 0.164 e. The highest BCUT2D eigenvalue weighted by Gasteiger charge is 2.37. The van der Waals surface area contributed by atoms with Gasteiger partial charge in [0.25, 0.3) is 0 Å². The number of aryl methyl sites for hydroxylation is 1. The van der Waals surface area contributed by atoms with Crippen LogP contribution in [0.4, 0.5) is 0 Å². The monoisotopic (exact) mass is 248 g/mol. The molecule has 1 aromatic carbocycles. The van der Waals surface area contributed by atoms with Crippen molar-refractivity contribution in [2.75, 3.05) is 7.11 Å². The number of benzene rings is 1. The van der Waals surface area contributed by atoms with Gasteiger partial charge in [-0.1, -0.05) is 12.1 Å². The Labute approximate surface area is 108 Å². The summed E-state index contributed by atoms with van der Waals surface area (Å²) in [6, 6.07) is 7.71. The van der Waals surface area contributed by atoms with Crippen LogP contribution in [0.15, 0.2) is 24.3 Å². The molecule has 2 rings (SSSR count). The van der Waals surface area contributed by atoms with Gasteiger partial charge in [0.2, 0.25) is 0 Å². The summed E-state index contributed by atoms with van der Waals surface area (Å²) in [5, 5.41) is 10.2. The van der Waals surface area contributed by atoms with E-state index >= 15 is 0 Å². The molecule has 0 heterocycles. The lowest BCUT2D eigenvalue weighted by Gasteiger charge is -2.20. The number of ether oxygens (including phenoxy) is 1. The summed E-state index contributed by atoms with van der Waals surface area (Å²) in [4.78, 5) is 12.0. The minimum atomic E-state index is -1.04. The van der Waals surface area contributed by atoms with E-state index in [-0.39, 0.29) is 5.78 Å². The molecule has 0 aromatic heterocycles. The molecule has 0 radical (unpaired) electrons. The highest BCUT2D eigenvalue weighted by atomic mass is 16.5. The van der Waals surface area contributed by atoms with Crippen molar-refractivity contribution in [2.45, 2.75) is 44.1 Å². The van der Waals surface area contributed by atoms with Gasteiger partial charge in [-0.2, -0.15) is 0 Å². The zero-order valence-corrected chi connectivity index (χ0v) is 10.8. The number of carbonyl (C=O) groups is 1. The average Bonchev–Trinajstić information content (AvgIpc) is 2.85. The second-order valence-electron chi connectivity index (χ2n) is 5.01. The molecule has 1 fully saturated rings. The third-order valence-electron chi connectivity index (χ3n) is 3.75. The van der Waals surface area contributed by atoms with Crippen LogP contribution < -0.4 is 4.74 Å². The van der Waals surface area contributed by atoms with Crippen LogP contribution in [0.1, 0.15) is 37.7 Å². The molecule has 3 heteroatoms. The van der Waals surface area contributed by atoms with Gasteiger partial charge in [-0.05, 0) is 49.8 Å². The van der Waals surface area contributed by atoms with Gasteiger partial charge in [0.05, 0.1) is 7.11 Å². The second kappa shape index (κ2) is 5.53. The van der Waals surface area contributed by atoms with E-state index in [0.29, 0.717) is 25.7 Å². The van der Waals surface area contributed by atoms with Crippen molar-refractivity contribution in [1.82, 2.24) is 0 Å². The first-order chi connectivity index (χ1) is 8.64. The number of hydrogen-bond acceptors (Lipinski definition) is 3. The predicted octanol–water partition coefficient (Wildman–Crippen LogP) is 2.50. The van der Waals surface area contributed by atoms with E-state index in [0.717, 1.165) is 24.2 Å². The lowest BCUT2D eigenvalue weighted by Crippen LogP contribution is -2.35. The minimum absolute atomic E-state index is 0.00387. The molecule has 0 bridgehead atoms. The number of aliphatic hydroxyl groups is 1. The predicted molar refractivity (Wildman–Crippen MR) is 69.7 cm³/mol. The fraction of sp³-hybridized carbons (Fsp3) is 0.533. The summed E-state index contributed by atoms with van der Waals surface area (Å²) in [6.07, 6.45) is 4.30. The highest BCUT2D eigenvalue weighted by molar-refractivity contribution is 5.87. The first-order valence-corrected chi connectivity index (χ1v) is 6.53. The van der Waals surface area contributed by atoms with Crippen molar-refractivity contribution in [2.24, 2.45) is 0 Å². The van der Waals surface area contributed by atoms with Gasteiger partial charge in [0.15, 0.2) is 5.78 Å². The van der Waals surface area contributed by atoms with Crippen LogP contribution in [-0.2, 0) is 11.2 Å². The third-order valence-corrected chi connectivity index (χ3v) is 3.75. The Morgan fingerprint density at radius 2 is 1.89 bits per heavy atom. The first kappa shape index (κ1) is 13.1. The largest absolute Gasteiger partial charge is 0.497 e. The van der Waals surface area contributed by atoms with Crippen molar-refractivity contribution in [3.63, 3.8) is 0 Å². The molecule has 1 aliphatic carbocycles. The molecule has 1 N–H and O–H groups in total. The van der Waals surface area contributed by atoms with Crippen LogP contribution in [0, 0.1) is 0 Å². The number of Topliss-reactive ketones (excluding diaryl/α,β-unsaturated/α-hetero) is 1. The Morgan fingerprint density at radius 1 is 1.28 bits per heavy atom. The molecular weight excluding hydrogens is 228 g/mol. The summed E-state index contributed by atoms with van der Waals surface area (Å²) in [7, 11) is 1.63. The van der Waals surface area contributed by atoms with E-state index in [2.05, 4.69) is 0 Å². The molecule has 1 aromatic rings. The van der Waals surface area contributed by atoms with Crippen LogP contribution >= 0.6 is 0 Å². The topological polar surface area (TPSA) is 46.5 Å². The lowest BCUT2D eigenvalue weighted by atomic mass is 9.92. The maximum Gasteiger partial charge on any atom is 0.164 e. The van der Waals surface area contributed by atoms with E-state index in [1.165, 1.54) is 0 Å². The molecule has 0 saturated heterocycles. The van der Waals surface area contributed by atoms with E-state index in [9.17, 15) is 9.90 Å². The van der Waals surface area contributed by atoms with E-state index < -0.39 is 5.60 Å². The fourth-order valence-electron chi connectivity index (χ4n) is 2.52. The summed E-state index contributed by atoms with van der Waals surface area (Å²) >= 11 is 0. The molecular formula is C15H20O3. The van der Waals surface area contributed by atoms with E-state index in [1.807, 2.05) is 24.3 Å². The maximum atomic E-state index is 12.0. The lowest BCUT2D eigenvalue weighted by molar-refractivity contribution is -0.136. The number of rotatable bonds is 5. The quantitative estimate of drug-likeness (QED) is 0.871. The number of carbonyl (C=O) groups excluding carboxylic acids is 1. The normalized spacial score (nSPS) is 17.7. The van der Waals surface area contributed by atoms with Gasteiger partial charge >= 0.3 is 0 Å². The summed E-state index contributed by atoms with van der Waals surface area (Å²) in [6.45, 7) is 0. The molecule has 0 atom stereocenters. The molecule has 18 heavy (non-hydrogen) atoms. The van der Waals surface area contributed by atoms with Crippen molar-refractivity contribution in [3.8, 4) is 5.75 Å². The Morgan fingerprint density at radius 3 is 2.44 bits per heavy atom. The van der Waals surface area contributed by atoms with E-state index in [1.54, 1.807) is 7.11 Å². The Balaban J connectivity index is 1.88. The first-order valence-electron chi connectivity index (χ1n) is 6.53. The van der Waals surface area contributed by atoms with Gasteiger partial charge in [-0.15, -0.1) is 0 Å². The van der Waals surface area contributed by atoms with Crippen molar-refractivity contribution >= 4 is 5.78 Å². The fourth-order valence-corrected chi connectivity index (χ4v) is 2.52. The molecule has 0 spiro atoms. The highest BCUT2D eigenvalue weighted by Crippen LogP contribution is 2.31. The molecule has 0 aliphatic heterocycles. The van der Waals surface area contributed by atoms with Crippen molar-refractivity contribution < 1.29 is 14.6 Å². The molecule has 0 unspecified atom stereocenters. The van der Waals surface area contributed by atoms with Crippen molar-refractivity contribution in [1.29, 1.82) is 0 Å². The minimum Gasteiger partial charge on any atom is -0.497 e. The summed E-state index contributed by atoms with van der Waals surface area (Å²) in [5.74, 6) is 0.815. The Kier molecular flexibility index (Phi) is 4.02. The third kappa shape index (κ3) is 2.91. The maximum absolute atomic E-state index is 12.0. The van der Waals surface area contributed by atoms with Crippen LogP contribution in [0.25, 0.3) is 0 Å². The zero-order chi connectivity index (χ0) is 13.0. The van der Waals surface area contributed by atoms with Gasteiger partial charge < -0.3 is 9.84 Å². The van der Waals surface area contributed by atoms with E-state index in [4.69, 9.17) is 4.74 Å². The van der Waals surface area contributed by atoms with Crippen LogP contribution in [-0.4, -0.2) is 23.6 Å².